The van der Waals surface area contributed by atoms with Crippen LogP contribution >= 0.6 is 0 Å². The highest BCUT2D eigenvalue weighted by molar-refractivity contribution is 7.12. The third-order valence-corrected chi connectivity index (χ3v) is 10.5. The van der Waals surface area contributed by atoms with Crippen LogP contribution in [-0.4, -0.2) is 8.24 Å². The summed E-state index contributed by atoms with van der Waals surface area (Å²) in [6.07, 6.45) is 0. The molecule has 0 atom stereocenters. The number of hydrogen-bond donors (Lipinski definition) is 1. The summed E-state index contributed by atoms with van der Waals surface area (Å²) < 4.78 is 0. The third kappa shape index (κ3) is 2.81. The molecule has 152 valence electrons. The first kappa shape index (κ1) is 19.0. The molecule has 1 nitrogen and oxygen atoms in total. The number of nitrogens with two attached hydrogens (primary N) is 1. The largest absolute Gasteiger partial charge is 0.340 e. The van der Waals surface area contributed by atoms with Crippen molar-refractivity contribution in [2.24, 2.45) is 5.40 Å². The van der Waals surface area contributed by atoms with E-state index in [2.05, 4.69) is 127 Å². The zero-order valence-electron chi connectivity index (χ0n) is 17.7. The number of rotatable bonds is 3. The monoisotopic (exact) mass is 425 g/mol. The Morgan fingerprint density at radius 2 is 0.625 bits per heavy atom. The summed E-state index contributed by atoms with van der Waals surface area (Å²) in [5.74, 6) is 0. The minimum atomic E-state index is -2.87. The Balaban J connectivity index is 1.81. The molecule has 32 heavy (non-hydrogen) atoms. The first-order chi connectivity index (χ1) is 15.8. The van der Waals surface area contributed by atoms with Gasteiger partial charge in [0.05, 0.1) is 0 Å². The molecule has 0 aliphatic rings. The van der Waals surface area contributed by atoms with Crippen LogP contribution in [0.2, 0.25) is 0 Å². The lowest BCUT2D eigenvalue weighted by Gasteiger charge is -2.32. The summed E-state index contributed by atoms with van der Waals surface area (Å²) in [7, 11) is -2.87. The number of fused-ring (bicyclic) bond motifs is 3. The van der Waals surface area contributed by atoms with Crippen molar-refractivity contribution in [1.82, 2.24) is 0 Å². The van der Waals surface area contributed by atoms with Crippen LogP contribution in [0, 0.1) is 0 Å². The van der Waals surface area contributed by atoms with Crippen molar-refractivity contribution in [3.8, 4) is 0 Å². The standard InChI is InChI=1S/C30H23NSi/c31-32(28-19-7-13-22-10-1-4-16-25(22)28,29-20-8-14-23-11-2-5-17-26(23)29)30-21-9-15-24-12-3-6-18-27(24)30/h1-21H,31H2. The second-order valence-corrected chi connectivity index (χ2v) is 11.6. The quantitative estimate of drug-likeness (QED) is 0.311. The van der Waals surface area contributed by atoms with Crippen LogP contribution in [0.1, 0.15) is 0 Å². The second-order valence-electron chi connectivity index (χ2n) is 8.39. The van der Waals surface area contributed by atoms with Gasteiger partial charge in [0.1, 0.15) is 0 Å². The van der Waals surface area contributed by atoms with Gasteiger partial charge in [-0.15, -0.1) is 0 Å². The van der Waals surface area contributed by atoms with E-state index in [4.69, 9.17) is 5.40 Å². The van der Waals surface area contributed by atoms with E-state index in [1.54, 1.807) is 0 Å². The van der Waals surface area contributed by atoms with Crippen LogP contribution in [0.5, 0.6) is 0 Å². The smallest absolute Gasteiger partial charge is 0.221 e. The molecule has 0 radical (unpaired) electrons. The summed E-state index contributed by atoms with van der Waals surface area (Å²) in [5, 5.41) is 19.0. The van der Waals surface area contributed by atoms with E-state index in [9.17, 15) is 0 Å². The van der Waals surface area contributed by atoms with Crippen LogP contribution in [-0.2, 0) is 0 Å². The van der Waals surface area contributed by atoms with E-state index in [1.807, 2.05) is 0 Å². The Hall–Kier alpha value is -3.72. The molecule has 6 aromatic rings. The van der Waals surface area contributed by atoms with Gasteiger partial charge in [-0.3, -0.25) is 0 Å². The van der Waals surface area contributed by atoms with Crippen molar-refractivity contribution in [2.75, 3.05) is 0 Å². The molecule has 0 saturated carbocycles. The summed E-state index contributed by atoms with van der Waals surface area (Å²) in [6, 6.07) is 45.6. The molecule has 0 spiro atoms. The predicted octanol–water partition coefficient (Wildman–Crippen LogP) is 5.07. The zero-order valence-corrected chi connectivity index (χ0v) is 18.7. The lowest BCUT2D eigenvalue weighted by Crippen LogP contribution is -2.74. The summed E-state index contributed by atoms with van der Waals surface area (Å²) in [6.45, 7) is 0. The molecule has 6 aromatic carbocycles. The third-order valence-electron chi connectivity index (χ3n) is 6.64. The van der Waals surface area contributed by atoms with E-state index in [0.29, 0.717) is 0 Å². The lowest BCUT2D eigenvalue weighted by molar-refractivity contribution is 1.66. The fourth-order valence-electron chi connectivity index (χ4n) is 5.14. The van der Waals surface area contributed by atoms with E-state index >= 15 is 0 Å². The van der Waals surface area contributed by atoms with Crippen LogP contribution in [0.3, 0.4) is 0 Å². The maximum Gasteiger partial charge on any atom is 0.221 e. The first-order valence-corrected chi connectivity index (χ1v) is 13.1. The van der Waals surface area contributed by atoms with Gasteiger partial charge in [0.15, 0.2) is 0 Å². The summed E-state index contributed by atoms with van der Waals surface area (Å²) in [4.78, 5) is 0. The Morgan fingerprint density at radius 3 is 0.969 bits per heavy atom. The van der Waals surface area contributed by atoms with Crippen molar-refractivity contribution >= 4 is 56.1 Å². The molecule has 2 heteroatoms. The van der Waals surface area contributed by atoms with Crippen LogP contribution < -0.4 is 21.0 Å². The van der Waals surface area contributed by atoms with Gasteiger partial charge in [0.25, 0.3) is 0 Å². The molecule has 0 aliphatic carbocycles. The molecular weight excluding hydrogens is 402 g/mol. The molecule has 0 heterocycles. The molecule has 6 rings (SSSR count). The molecule has 0 fully saturated rings. The average Bonchev–Trinajstić information content (AvgIpc) is 2.87. The highest BCUT2D eigenvalue weighted by Gasteiger charge is 2.39. The molecule has 0 saturated heterocycles. The Morgan fingerprint density at radius 1 is 0.344 bits per heavy atom. The molecule has 0 aromatic heterocycles. The van der Waals surface area contributed by atoms with Gasteiger partial charge in [-0.05, 0) is 47.9 Å². The molecule has 0 aliphatic heterocycles. The predicted molar refractivity (Wildman–Crippen MR) is 141 cm³/mol. The lowest BCUT2D eigenvalue weighted by atomic mass is 10.1. The van der Waals surface area contributed by atoms with Gasteiger partial charge in [0, 0.05) is 0 Å². The first-order valence-electron chi connectivity index (χ1n) is 11.0. The highest BCUT2D eigenvalue weighted by Crippen LogP contribution is 2.21. The molecule has 2 N–H and O–H groups in total. The van der Waals surface area contributed by atoms with Crippen molar-refractivity contribution in [3.63, 3.8) is 0 Å². The van der Waals surface area contributed by atoms with E-state index in [0.717, 1.165) is 0 Å². The summed E-state index contributed by atoms with van der Waals surface area (Å²) >= 11 is 0. The Bertz CT molecular complexity index is 1390. The Labute approximate surface area is 188 Å². The number of benzene rings is 6. The van der Waals surface area contributed by atoms with Gasteiger partial charge in [-0.25, -0.2) is 0 Å². The van der Waals surface area contributed by atoms with Gasteiger partial charge < -0.3 is 5.40 Å². The van der Waals surface area contributed by atoms with Gasteiger partial charge >= 0.3 is 0 Å². The van der Waals surface area contributed by atoms with Gasteiger partial charge in [-0.2, -0.15) is 0 Å². The number of hydrogen-bond acceptors (Lipinski definition) is 1. The van der Waals surface area contributed by atoms with Gasteiger partial charge in [0.2, 0.25) is 8.24 Å². The van der Waals surface area contributed by atoms with Crippen molar-refractivity contribution in [2.45, 2.75) is 0 Å². The normalized spacial score (nSPS) is 11.9. The minimum Gasteiger partial charge on any atom is -0.340 e. The second kappa shape index (κ2) is 7.45. The average molecular weight is 426 g/mol. The maximum absolute atomic E-state index is 7.80. The maximum atomic E-state index is 7.80. The minimum absolute atomic E-state index is 1.23. The van der Waals surface area contributed by atoms with Crippen molar-refractivity contribution in [1.29, 1.82) is 0 Å². The van der Waals surface area contributed by atoms with Crippen molar-refractivity contribution < 1.29 is 0 Å². The molecular formula is C30H23NSi. The fraction of sp³-hybridized carbons (Fsp3) is 0. The van der Waals surface area contributed by atoms with E-state index in [-0.39, 0.29) is 0 Å². The summed E-state index contributed by atoms with van der Waals surface area (Å²) in [5.41, 5.74) is 0. The highest BCUT2D eigenvalue weighted by atomic mass is 28.3. The SMILES string of the molecule is N[Si](c1cccc2ccccc12)(c1cccc2ccccc12)c1cccc2ccccc12. The van der Waals surface area contributed by atoms with Crippen LogP contribution in [0.25, 0.3) is 32.3 Å². The zero-order chi connectivity index (χ0) is 21.5. The van der Waals surface area contributed by atoms with Crippen LogP contribution in [0.15, 0.2) is 127 Å². The topological polar surface area (TPSA) is 26.0 Å². The Kier molecular flexibility index (Phi) is 4.42. The fourth-order valence-corrected chi connectivity index (χ4v) is 9.05. The molecule has 0 amide bonds. The van der Waals surface area contributed by atoms with E-state index < -0.39 is 8.24 Å². The van der Waals surface area contributed by atoms with Gasteiger partial charge in [-0.1, -0.05) is 127 Å². The molecule has 0 bridgehead atoms. The van der Waals surface area contributed by atoms with Crippen molar-refractivity contribution in [3.05, 3.63) is 127 Å². The van der Waals surface area contributed by atoms with Crippen LogP contribution in [0.4, 0.5) is 0 Å². The van der Waals surface area contributed by atoms with E-state index in [1.165, 1.54) is 47.9 Å². The molecule has 0 unspecified atom stereocenters.